The zero-order valence-electron chi connectivity index (χ0n) is 25.9. The second kappa shape index (κ2) is 9.51. The fourth-order valence-corrected chi connectivity index (χ4v) is 8.64. The minimum Gasteiger partial charge on any atom is -0.275 e. The van der Waals surface area contributed by atoms with Crippen LogP contribution in [0.4, 0.5) is 0 Å². The molecule has 0 aliphatic heterocycles. The molecule has 220 valence electrons. The Morgan fingerprint density at radius 2 is 1.11 bits per heavy atom. The molecule has 0 fully saturated rings. The highest BCUT2D eigenvalue weighted by molar-refractivity contribution is 6.22. The van der Waals surface area contributed by atoms with Crippen LogP contribution in [0.3, 0.4) is 0 Å². The molecule has 2 heteroatoms. The number of aromatic nitrogens is 1. The van der Waals surface area contributed by atoms with Crippen molar-refractivity contribution < 1.29 is 4.79 Å². The summed E-state index contributed by atoms with van der Waals surface area (Å²) in [6.45, 7) is 2.02. The predicted molar refractivity (Wildman–Crippen MR) is 192 cm³/mol. The zero-order chi connectivity index (χ0) is 31.3. The van der Waals surface area contributed by atoms with Crippen LogP contribution in [0.2, 0.25) is 0 Å². The van der Waals surface area contributed by atoms with E-state index >= 15 is 0 Å². The number of benzene rings is 7. The van der Waals surface area contributed by atoms with Crippen LogP contribution < -0.4 is 0 Å². The molecular weight excluding hydrogens is 571 g/mol. The average molecular weight is 600 g/mol. The summed E-state index contributed by atoms with van der Waals surface area (Å²) >= 11 is 0. The van der Waals surface area contributed by atoms with Crippen molar-refractivity contribution in [3.8, 4) is 33.4 Å². The molecule has 0 N–H and O–H groups in total. The van der Waals surface area contributed by atoms with Gasteiger partial charge < -0.3 is 0 Å². The Balaban J connectivity index is 1.38. The van der Waals surface area contributed by atoms with Crippen LogP contribution in [0.15, 0.2) is 158 Å². The van der Waals surface area contributed by atoms with Crippen molar-refractivity contribution >= 4 is 27.7 Å². The van der Waals surface area contributed by atoms with Gasteiger partial charge in [0.2, 0.25) is 0 Å². The van der Waals surface area contributed by atoms with E-state index < -0.39 is 5.41 Å². The van der Waals surface area contributed by atoms with Crippen molar-refractivity contribution in [1.82, 2.24) is 4.57 Å². The SMILES string of the molecule is Cc1ccccc1C(=O)n1c2ccc(-c3ccccc3)cc2c2ccc3c(c21)-c1ccccc1C31c2ccccc2-c2ccccc21. The Hall–Kier alpha value is -5.99. The quantitative estimate of drug-likeness (QED) is 0.194. The monoisotopic (exact) mass is 599 g/mol. The molecule has 0 radical (unpaired) electrons. The van der Waals surface area contributed by atoms with Crippen LogP contribution in [0.25, 0.3) is 55.2 Å². The smallest absolute Gasteiger partial charge is 0.263 e. The van der Waals surface area contributed by atoms with Crippen molar-refractivity contribution in [1.29, 1.82) is 0 Å². The highest BCUT2D eigenvalue weighted by atomic mass is 16.2. The summed E-state index contributed by atoms with van der Waals surface area (Å²) in [7, 11) is 0. The molecule has 1 spiro atoms. The first-order valence-corrected chi connectivity index (χ1v) is 16.2. The van der Waals surface area contributed by atoms with E-state index in [0.717, 1.165) is 44.1 Å². The Bertz CT molecular complexity index is 2560. The molecule has 0 atom stereocenters. The maximum atomic E-state index is 14.9. The van der Waals surface area contributed by atoms with Crippen molar-refractivity contribution in [3.63, 3.8) is 0 Å². The van der Waals surface area contributed by atoms with Crippen molar-refractivity contribution in [2.24, 2.45) is 0 Å². The van der Waals surface area contributed by atoms with Crippen molar-refractivity contribution in [2.45, 2.75) is 12.3 Å². The highest BCUT2D eigenvalue weighted by Crippen LogP contribution is 2.64. The fraction of sp³-hybridized carbons (Fsp3) is 0.0444. The number of nitrogens with zero attached hydrogens (tertiary/aromatic N) is 1. The van der Waals surface area contributed by atoms with E-state index in [1.165, 1.54) is 38.9 Å². The summed E-state index contributed by atoms with van der Waals surface area (Å²) in [4.78, 5) is 14.9. The molecule has 0 amide bonds. The van der Waals surface area contributed by atoms with E-state index in [-0.39, 0.29) is 5.91 Å². The molecule has 10 rings (SSSR count). The Morgan fingerprint density at radius 1 is 0.511 bits per heavy atom. The van der Waals surface area contributed by atoms with Gasteiger partial charge in [0.15, 0.2) is 0 Å². The molecule has 2 aliphatic carbocycles. The number of hydrogen-bond acceptors (Lipinski definition) is 1. The summed E-state index contributed by atoms with van der Waals surface area (Å²) in [6, 6.07) is 56.1. The molecule has 8 aromatic rings. The van der Waals surface area contributed by atoms with E-state index in [4.69, 9.17) is 0 Å². The second-order valence-corrected chi connectivity index (χ2v) is 12.8. The number of fused-ring (bicyclic) bond motifs is 14. The summed E-state index contributed by atoms with van der Waals surface area (Å²) in [5.41, 5.74) is 15.4. The molecule has 0 saturated carbocycles. The van der Waals surface area contributed by atoms with Gasteiger partial charge in [0, 0.05) is 21.9 Å². The number of hydrogen-bond donors (Lipinski definition) is 0. The molecule has 0 unspecified atom stereocenters. The number of carbonyl (C=O) groups excluding carboxylic acids is 1. The third-order valence-electron chi connectivity index (χ3n) is 10.6. The highest BCUT2D eigenvalue weighted by Gasteiger charge is 2.52. The van der Waals surface area contributed by atoms with Gasteiger partial charge in [-0.1, -0.05) is 140 Å². The van der Waals surface area contributed by atoms with Crippen LogP contribution in [0.5, 0.6) is 0 Å². The van der Waals surface area contributed by atoms with Crippen molar-refractivity contribution in [2.75, 3.05) is 0 Å². The summed E-state index contributed by atoms with van der Waals surface area (Å²) < 4.78 is 2.00. The molecule has 47 heavy (non-hydrogen) atoms. The maximum Gasteiger partial charge on any atom is 0.263 e. The Kier molecular flexibility index (Phi) is 5.31. The molecule has 2 nitrogen and oxygen atoms in total. The number of aryl methyl sites for hydroxylation is 1. The summed E-state index contributed by atoms with van der Waals surface area (Å²) in [5, 5.41) is 2.17. The molecule has 0 saturated heterocycles. The van der Waals surface area contributed by atoms with Gasteiger partial charge in [-0.2, -0.15) is 0 Å². The maximum absolute atomic E-state index is 14.9. The molecule has 0 bridgehead atoms. The van der Waals surface area contributed by atoms with Crippen LogP contribution in [-0.4, -0.2) is 10.5 Å². The first kappa shape index (κ1) is 26.2. The van der Waals surface area contributed by atoms with Crippen LogP contribution >= 0.6 is 0 Å². The molecule has 1 aromatic heterocycles. The topological polar surface area (TPSA) is 22.0 Å². The van der Waals surface area contributed by atoms with Gasteiger partial charge in [-0.15, -0.1) is 0 Å². The van der Waals surface area contributed by atoms with E-state index in [1.807, 2.05) is 41.8 Å². The third kappa shape index (κ3) is 3.32. The summed E-state index contributed by atoms with van der Waals surface area (Å²) in [5.74, 6) is -0.00499. The van der Waals surface area contributed by atoms with Gasteiger partial charge in [-0.05, 0) is 80.8 Å². The van der Waals surface area contributed by atoms with Gasteiger partial charge in [-0.3, -0.25) is 9.36 Å². The molecular formula is C45H29NO. The molecule has 1 heterocycles. The first-order valence-electron chi connectivity index (χ1n) is 16.2. The van der Waals surface area contributed by atoms with E-state index in [2.05, 4.69) is 127 Å². The lowest BCUT2D eigenvalue weighted by Gasteiger charge is -2.30. The standard InChI is InChI=1S/C45H29NO/c1-28-13-5-6-16-31(28)44(47)46-41-26-23-30(29-14-3-2-4-15-29)27-36(41)34-24-25-40-42(43(34)46)35-19-9-12-22-39(35)45(40)37-20-10-7-17-32(37)33-18-8-11-21-38(33)45/h2-27H,1H3. The van der Waals surface area contributed by atoms with Gasteiger partial charge in [-0.25, -0.2) is 0 Å². The van der Waals surface area contributed by atoms with Crippen molar-refractivity contribution in [3.05, 3.63) is 191 Å². The van der Waals surface area contributed by atoms with Gasteiger partial charge in [0.05, 0.1) is 16.4 Å². The van der Waals surface area contributed by atoms with E-state index in [1.54, 1.807) is 0 Å². The number of carbonyl (C=O) groups is 1. The Labute approximate surface area is 273 Å². The lowest BCUT2D eigenvalue weighted by molar-refractivity contribution is 0.0969. The second-order valence-electron chi connectivity index (χ2n) is 12.8. The van der Waals surface area contributed by atoms with E-state index in [0.29, 0.717) is 5.56 Å². The minimum absolute atomic E-state index is 0.00499. The van der Waals surface area contributed by atoms with Gasteiger partial charge in [0.25, 0.3) is 5.91 Å². The largest absolute Gasteiger partial charge is 0.275 e. The molecule has 2 aliphatic rings. The molecule has 7 aromatic carbocycles. The third-order valence-corrected chi connectivity index (χ3v) is 10.6. The Morgan fingerprint density at radius 3 is 1.81 bits per heavy atom. The van der Waals surface area contributed by atoms with E-state index in [9.17, 15) is 4.79 Å². The van der Waals surface area contributed by atoms with Gasteiger partial charge in [0.1, 0.15) is 0 Å². The number of rotatable bonds is 2. The fourth-order valence-electron chi connectivity index (χ4n) is 8.64. The van der Waals surface area contributed by atoms with Crippen LogP contribution in [0, 0.1) is 6.92 Å². The normalized spacial score (nSPS) is 13.5. The summed E-state index contributed by atoms with van der Waals surface area (Å²) in [6.07, 6.45) is 0. The van der Waals surface area contributed by atoms with Crippen LogP contribution in [-0.2, 0) is 5.41 Å². The minimum atomic E-state index is -0.477. The van der Waals surface area contributed by atoms with Gasteiger partial charge >= 0.3 is 0 Å². The average Bonchev–Trinajstić information content (AvgIpc) is 3.73. The zero-order valence-corrected chi connectivity index (χ0v) is 25.9. The van der Waals surface area contributed by atoms with Crippen LogP contribution in [0.1, 0.15) is 38.2 Å². The predicted octanol–water partition coefficient (Wildman–Crippen LogP) is 10.8. The first-order chi connectivity index (χ1) is 23.2. The lowest BCUT2D eigenvalue weighted by Crippen LogP contribution is -2.25. The lowest BCUT2D eigenvalue weighted by atomic mass is 9.70.